The van der Waals surface area contributed by atoms with Gasteiger partial charge in [-0.2, -0.15) is 0 Å². The molecule has 0 aromatic carbocycles. The van der Waals surface area contributed by atoms with E-state index >= 15 is 0 Å². The van der Waals surface area contributed by atoms with Crippen LogP contribution in [0.4, 0.5) is 0 Å². The van der Waals surface area contributed by atoms with Gasteiger partial charge in [-0.15, -0.1) is 0 Å². The van der Waals surface area contributed by atoms with E-state index in [2.05, 4.69) is 5.32 Å². The Morgan fingerprint density at radius 2 is 2.09 bits per heavy atom. The molecule has 0 amide bonds. The first kappa shape index (κ1) is 10.9. The maximum absolute atomic E-state index is 9.84. The van der Waals surface area contributed by atoms with Crippen molar-refractivity contribution in [3.8, 4) is 0 Å². The Bertz CT molecular complexity index is 102. The average molecular weight is 160 g/mol. The molecular formula is C8H20N2O. The summed E-state index contributed by atoms with van der Waals surface area (Å²) >= 11 is 0. The van der Waals surface area contributed by atoms with E-state index in [1.807, 2.05) is 20.8 Å². The lowest BCUT2D eigenvalue weighted by Crippen LogP contribution is -2.53. The van der Waals surface area contributed by atoms with Gasteiger partial charge in [-0.3, -0.25) is 0 Å². The number of rotatable bonds is 5. The topological polar surface area (TPSA) is 58.3 Å². The average Bonchev–Trinajstić information content (AvgIpc) is 2.03. The van der Waals surface area contributed by atoms with Gasteiger partial charge in [-0.1, -0.05) is 13.8 Å². The molecule has 11 heavy (non-hydrogen) atoms. The Morgan fingerprint density at radius 3 is 2.36 bits per heavy atom. The number of aliphatic hydroxyl groups is 1. The van der Waals surface area contributed by atoms with E-state index < -0.39 is 5.60 Å². The lowest BCUT2D eigenvalue weighted by atomic mass is 9.92. The molecular weight excluding hydrogens is 140 g/mol. The summed E-state index contributed by atoms with van der Waals surface area (Å²) in [7, 11) is 0. The van der Waals surface area contributed by atoms with Crippen LogP contribution in [0.15, 0.2) is 0 Å². The lowest BCUT2D eigenvalue weighted by molar-refractivity contribution is 0.0127. The summed E-state index contributed by atoms with van der Waals surface area (Å²) in [5, 5.41) is 13.0. The summed E-state index contributed by atoms with van der Waals surface area (Å²) in [6.45, 7) is 7.10. The molecule has 0 fully saturated rings. The van der Waals surface area contributed by atoms with Crippen LogP contribution in [-0.2, 0) is 0 Å². The van der Waals surface area contributed by atoms with Crippen LogP contribution >= 0.6 is 0 Å². The smallest absolute Gasteiger partial charge is 0.0916 e. The van der Waals surface area contributed by atoms with Crippen LogP contribution in [0.2, 0.25) is 0 Å². The summed E-state index contributed by atoms with van der Waals surface area (Å²) in [4.78, 5) is 0. The number of nitrogens with two attached hydrogens (primary N) is 1. The SMILES string of the molecule is CCNC(C)C(O)(CC)CN. The van der Waals surface area contributed by atoms with Gasteiger partial charge in [0, 0.05) is 12.6 Å². The van der Waals surface area contributed by atoms with Gasteiger partial charge in [-0.25, -0.2) is 0 Å². The van der Waals surface area contributed by atoms with Crippen LogP contribution in [0.1, 0.15) is 27.2 Å². The van der Waals surface area contributed by atoms with Crippen LogP contribution < -0.4 is 11.1 Å². The third kappa shape index (κ3) is 2.77. The first-order chi connectivity index (χ1) is 5.10. The quantitative estimate of drug-likeness (QED) is 0.534. The van der Waals surface area contributed by atoms with E-state index in [-0.39, 0.29) is 6.04 Å². The van der Waals surface area contributed by atoms with E-state index in [4.69, 9.17) is 5.73 Å². The first-order valence-electron chi connectivity index (χ1n) is 4.26. The minimum atomic E-state index is -0.740. The Labute approximate surface area is 69.0 Å². The Morgan fingerprint density at radius 1 is 1.55 bits per heavy atom. The highest BCUT2D eigenvalue weighted by Crippen LogP contribution is 2.12. The molecule has 0 spiro atoms. The van der Waals surface area contributed by atoms with Gasteiger partial charge in [0.05, 0.1) is 5.60 Å². The molecule has 0 aliphatic rings. The number of hydrogen-bond donors (Lipinski definition) is 3. The molecule has 0 aliphatic carbocycles. The van der Waals surface area contributed by atoms with E-state index in [9.17, 15) is 5.11 Å². The van der Waals surface area contributed by atoms with Crippen molar-refractivity contribution in [1.29, 1.82) is 0 Å². The van der Waals surface area contributed by atoms with Crippen LogP contribution in [-0.4, -0.2) is 29.8 Å². The third-order valence-electron chi connectivity index (χ3n) is 2.28. The van der Waals surface area contributed by atoms with Crippen molar-refractivity contribution < 1.29 is 5.11 Å². The molecule has 0 heterocycles. The van der Waals surface area contributed by atoms with Crippen LogP contribution in [0, 0.1) is 0 Å². The van der Waals surface area contributed by atoms with Crippen molar-refractivity contribution in [1.82, 2.24) is 5.32 Å². The summed E-state index contributed by atoms with van der Waals surface area (Å²) < 4.78 is 0. The van der Waals surface area contributed by atoms with Gasteiger partial charge in [0.1, 0.15) is 0 Å². The molecule has 0 saturated carbocycles. The van der Waals surface area contributed by atoms with Gasteiger partial charge in [0.15, 0.2) is 0 Å². The molecule has 0 rings (SSSR count). The van der Waals surface area contributed by atoms with Gasteiger partial charge in [0.2, 0.25) is 0 Å². The Kier molecular flexibility index (Phi) is 4.65. The molecule has 0 saturated heterocycles. The van der Waals surface area contributed by atoms with Gasteiger partial charge in [-0.05, 0) is 19.9 Å². The van der Waals surface area contributed by atoms with E-state index in [1.54, 1.807) is 0 Å². The van der Waals surface area contributed by atoms with Crippen molar-refractivity contribution in [3.05, 3.63) is 0 Å². The highest BCUT2D eigenvalue weighted by molar-refractivity contribution is 4.88. The van der Waals surface area contributed by atoms with Crippen molar-refractivity contribution in [2.45, 2.75) is 38.8 Å². The molecule has 0 bridgehead atoms. The molecule has 0 aliphatic heterocycles. The van der Waals surface area contributed by atoms with E-state index in [0.29, 0.717) is 13.0 Å². The molecule has 3 heteroatoms. The molecule has 2 atom stereocenters. The van der Waals surface area contributed by atoms with Crippen molar-refractivity contribution in [2.75, 3.05) is 13.1 Å². The highest BCUT2D eigenvalue weighted by Gasteiger charge is 2.29. The second kappa shape index (κ2) is 4.70. The zero-order valence-corrected chi connectivity index (χ0v) is 7.72. The molecule has 0 aromatic rings. The normalized spacial score (nSPS) is 19.4. The number of hydrogen-bond acceptors (Lipinski definition) is 3. The fourth-order valence-corrected chi connectivity index (χ4v) is 1.12. The van der Waals surface area contributed by atoms with Crippen molar-refractivity contribution in [2.24, 2.45) is 5.73 Å². The monoisotopic (exact) mass is 160 g/mol. The standard InChI is InChI=1S/C8H20N2O/c1-4-8(11,6-9)7(3)10-5-2/h7,10-11H,4-6,9H2,1-3H3. The van der Waals surface area contributed by atoms with Gasteiger partial charge in [0.25, 0.3) is 0 Å². The maximum Gasteiger partial charge on any atom is 0.0916 e. The Hall–Kier alpha value is -0.120. The highest BCUT2D eigenvalue weighted by atomic mass is 16.3. The van der Waals surface area contributed by atoms with Gasteiger partial charge >= 0.3 is 0 Å². The van der Waals surface area contributed by atoms with Crippen LogP contribution in [0.25, 0.3) is 0 Å². The summed E-state index contributed by atoms with van der Waals surface area (Å²) in [5.41, 5.74) is 4.72. The van der Waals surface area contributed by atoms with Crippen LogP contribution in [0.5, 0.6) is 0 Å². The van der Waals surface area contributed by atoms with Crippen LogP contribution in [0.3, 0.4) is 0 Å². The first-order valence-corrected chi connectivity index (χ1v) is 4.26. The minimum absolute atomic E-state index is 0.0718. The second-order valence-corrected chi connectivity index (χ2v) is 2.94. The largest absolute Gasteiger partial charge is 0.387 e. The lowest BCUT2D eigenvalue weighted by Gasteiger charge is -2.32. The number of likely N-dealkylation sites (N-methyl/N-ethyl adjacent to an activating group) is 1. The fourth-order valence-electron chi connectivity index (χ4n) is 1.12. The van der Waals surface area contributed by atoms with E-state index in [1.165, 1.54) is 0 Å². The van der Waals surface area contributed by atoms with Crippen molar-refractivity contribution >= 4 is 0 Å². The van der Waals surface area contributed by atoms with E-state index in [0.717, 1.165) is 6.54 Å². The molecule has 0 radical (unpaired) electrons. The minimum Gasteiger partial charge on any atom is -0.387 e. The molecule has 2 unspecified atom stereocenters. The Balaban J connectivity index is 4.00. The summed E-state index contributed by atoms with van der Waals surface area (Å²) in [5.74, 6) is 0. The van der Waals surface area contributed by atoms with Crippen molar-refractivity contribution in [3.63, 3.8) is 0 Å². The predicted octanol–water partition coefficient (Wildman–Crippen LogP) is 0.0842. The zero-order valence-electron chi connectivity index (χ0n) is 7.72. The summed E-state index contributed by atoms with van der Waals surface area (Å²) in [6.07, 6.45) is 0.692. The van der Waals surface area contributed by atoms with Gasteiger partial charge < -0.3 is 16.2 Å². The third-order valence-corrected chi connectivity index (χ3v) is 2.28. The molecule has 0 aromatic heterocycles. The molecule has 3 nitrogen and oxygen atoms in total. The molecule has 4 N–H and O–H groups in total. The summed E-state index contributed by atoms with van der Waals surface area (Å²) in [6, 6.07) is 0.0718. The number of nitrogens with one attached hydrogen (secondary N) is 1. The fraction of sp³-hybridized carbons (Fsp3) is 1.00. The molecule has 68 valence electrons. The maximum atomic E-state index is 9.84. The predicted molar refractivity (Wildman–Crippen MR) is 47.4 cm³/mol. The zero-order chi connectivity index (χ0) is 8.91. The second-order valence-electron chi connectivity index (χ2n) is 2.94.